The minimum absolute atomic E-state index is 0.0544. The van der Waals surface area contributed by atoms with Gasteiger partial charge in [-0.15, -0.1) is 0 Å². The van der Waals surface area contributed by atoms with Gasteiger partial charge in [0.1, 0.15) is 18.4 Å². The predicted octanol–water partition coefficient (Wildman–Crippen LogP) is 2.13. The summed E-state index contributed by atoms with van der Waals surface area (Å²) in [4.78, 5) is 21.2. The third-order valence-electron chi connectivity index (χ3n) is 3.25. The molecule has 0 fully saturated rings. The molecule has 2 rings (SSSR count). The smallest absolute Gasteiger partial charge is 0.320 e. The molecule has 0 bridgehead atoms. The first-order valence-corrected chi connectivity index (χ1v) is 6.90. The van der Waals surface area contributed by atoms with Crippen LogP contribution in [-0.4, -0.2) is 22.0 Å². The number of carboxylic acid groups (broad SMARTS) is 1. The van der Waals surface area contributed by atoms with Gasteiger partial charge >= 0.3 is 5.97 Å². The minimum Gasteiger partial charge on any atom is -0.489 e. The lowest BCUT2D eigenvalue weighted by molar-refractivity contribution is -0.384. The summed E-state index contributed by atoms with van der Waals surface area (Å²) in [5, 5.41) is 19.8. The molecule has 0 aliphatic heterocycles. The first-order valence-electron chi connectivity index (χ1n) is 6.90. The van der Waals surface area contributed by atoms with Crippen molar-refractivity contribution in [1.82, 2.24) is 0 Å². The fourth-order valence-electron chi connectivity index (χ4n) is 2.04. The first-order chi connectivity index (χ1) is 11.0. The second-order valence-corrected chi connectivity index (χ2v) is 4.97. The Morgan fingerprint density at radius 3 is 2.57 bits per heavy atom. The van der Waals surface area contributed by atoms with Crippen LogP contribution < -0.4 is 10.5 Å². The Labute approximate surface area is 132 Å². The second kappa shape index (κ2) is 7.37. The van der Waals surface area contributed by atoms with Gasteiger partial charge in [0.05, 0.1) is 4.92 Å². The average molecular weight is 316 g/mol. The standard InChI is InChI=1S/C16H16N2O5/c17-14(16(19)20)9-12-8-13(18(21)22)6-7-15(12)23-10-11-4-2-1-3-5-11/h1-8,14H,9-10,17H2,(H,19,20)/t14-/m0/s1. The SMILES string of the molecule is N[C@@H](Cc1cc([N+](=O)[O-])ccc1OCc1ccccc1)C(=O)O. The molecule has 2 aromatic rings. The van der Waals surface area contributed by atoms with E-state index in [2.05, 4.69) is 0 Å². The Bertz CT molecular complexity index is 703. The van der Waals surface area contributed by atoms with Crippen LogP contribution in [0, 0.1) is 10.1 Å². The molecule has 0 spiro atoms. The first kappa shape index (κ1) is 16.4. The molecule has 7 nitrogen and oxygen atoms in total. The zero-order valence-electron chi connectivity index (χ0n) is 12.2. The number of hydrogen-bond donors (Lipinski definition) is 2. The molecule has 1 atom stereocenters. The number of rotatable bonds is 7. The van der Waals surface area contributed by atoms with Crippen LogP contribution in [0.15, 0.2) is 48.5 Å². The molecule has 0 aromatic heterocycles. The highest BCUT2D eigenvalue weighted by Crippen LogP contribution is 2.26. The van der Waals surface area contributed by atoms with E-state index in [-0.39, 0.29) is 18.7 Å². The zero-order valence-corrected chi connectivity index (χ0v) is 12.2. The number of carboxylic acids is 1. The van der Waals surface area contributed by atoms with E-state index in [1.165, 1.54) is 18.2 Å². The number of nitro benzene ring substituents is 1. The van der Waals surface area contributed by atoms with Gasteiger partial charge in [0.15, 0.2) is 0 Å². The van der Waals surface area contributed by atoms with Gasteiger partial charge in [-0.2, -0.15) is 0 Å². The summed E-state index contributed by atoms with van der Waals surface area (Å²) < 4.78 is 5.67. The van der Waals surface area contributed by atoms with Crippen molar-refractivity contribution < 1.29 is 19.6 Å². The summed E-state index contributed by atoms with van der Waals surface area (Å²) >= 11 is 0. The number of benzene rings is 2. The van der Waals surface area contributed by atoms with E-state index in [1.807, 2.05) is 30.3 Å². The summed E-state index contributed by atoms with van der Waals surface area (Å²) in [6, 6.07) is 12.3. The lowest BCUT2D eigenvalue weighted by Crippen LogP contribution is -2.32. The Morgan fingerprint density at radius 1 is 1.26 bits per heavy atom. The fraction of sp³-hybridized carbons (Fsp3) is 0.188. The summed E-state index contributed by atoms with van der Waals surface area (Å²) in [7, 11) is 0. The number of nitrogens with two attached hydrogens (primary N) is 1. The summed E-state index contributed by atoms with van der Waals surface area (Å²) in [5.74, 6) is -0.790. The van der Waals surface area contributed by atoms with E-state index in [0.717, 1.165) is 5.56 Å². The zero-order chi connectivity index (χ0) is 16.8. The third-order valence-corrected chi connectivity index (χ3v) is 3.25. The van der Waals surface area contributed by atoms with E-state index in [9.17, 15) is 14.9 Å². The number of nitrogens with zero attached hydrogens (tertiary/aromatic N) is 1. The van der Waals surface area contributed by atoms with Crippen LogP contribution in [0.3, 0.4) is 0 Å². The number of aliphatic carboxylic acids is 1. The Kier molecular flexibility index (Phi) is 5.27. The second-order valence-electron chi connectivity index (χ2n) is 4.97. The quantitative estimate of drug-likeness (QED) is 0.597. The minimum atomic E-state index is -1.18. The summed E-state index contributed by atoms with van der Waals surface area (Å²) in [6.07, 6.45) is -0.0544. The number of carbonyl (C=O) groups is 1. The molecule has 0 aliphatic carbocycles. The lowest BCUT2D eigenvalue weighted by Gasteiger charge is -2.13. The van der Waals surface area contributed by atoms with Gasteiger partial charge in [0.25, 0.3) is 5.69 Å². The number of hydrogen-bond acceptors (Lipinski definition) is 5. The predicted molar refractivity (Wildman–Crippen MR) is 83.2 cm³/mol. The van der Waals surface area contributed by atoms with Crippen molar-refractivity contribution in [1.29, 1.82) is 0 Å². The van der Waals surface area contributed by atoms with E-state index in [0.29, 0.717) is 11.3 Å². The molecule has 0 unspecified atom stereocenters. The number of ether oxygens (including phenoxy) is 1. The van der Waals surface area contributed by atoms with Gasteiger partial charge in [-0.05, 0) is 11.6 Å². The van der Waals surface area contributed by atoms with Crippen molar-refractivity contribution in [2.45, 2.75) is 19.1 Å². The molecular formula is C16H16N2O5. The van der Waals surface area contributed by atoms with Crippen LogP contribution in [0.5, 0.6) is 5.75 Å². The van der Waals surface area contributed by atoms with Gasteiger partial charge in [-0.1, -0.05) is 30.3 Å². The topological polar surface area (TPSA) is 116 Å². The van der Waals surface area contributed by atoms with Crippen molar-refractivity contribution >= 4 is 11.7 Å². The summed E-state index contributed by atoms with van der Waals surface area (Å²) in [5.41, 5.74) is 6.71. The van der Waals surface area contributed by atoms with E-state index in [1.54, 1.807) is 0 Å². The van der Waals surface area contributed by atoms with Crippen LogP contribution in [0.25, 0.3) is 0 Å². The fourth-order valence-corrected chi connectivity index (χ4v) is 2.04. The highest BCUT2D eigenvalue weighted by atomic mass is 16.6. The Balaban J connectivity index is 2.22. The monoisotopic (exact) mass is 316 g/mol. The van der Waals surface area contributed by atoms with E-state index in [4.69, 9.17) is 15.6 Å². The molecule has 7 heteroatoms. The third kappa shape index (κ3) is 4.52. The van der Waals surface area contributed by atoms with Crippen molar-refractivity contribution in [2.75, 3.05) is 0 Å². The molecule has 2 aromatic carbocycles. The van der Waals surface area contributed by atoms with Crippen LogP contribution >= 0.6 is 0 Å². The Hall–Kier alpha value is -2.93. The highest BCUT2D eigenvalue weighted by molar-refractivity contribution is 5.73. The maximum Gasteiger partial charge on any atom is 0.320 e. The van der Waals surface area contributed by atoms with Gasteiger partial charge in [0, 0.05) is 24.1 Å². The van der Waals surface area contributed by atoms with Crippen LogP contribution in [0.2, 0.25) is 0 Å². The molecule has 0 radical (unpaired) electrons. The van der Waals surface area contributed by atoms with Gasteiger partial charge in [-0.25, -0.2) is 0 Å². The van der Waals surface area contributed by atoms with Crippen molar-refractivity contribution in [3.8, 4) is 5.75 Å². The molecular weight excluding hydrogens is 300 g/mol. The number of nitro groups is 1. The van der Waals surface area contributed by atoms with Crippen molar-refractivity contribution in [3.05, 3.63) is 69.8 Å². The maximum absolute atomic E-state index is 10.9. The maximum atomic E-state index is 10.9. The largest absolute Gasteiger partial charge is 0.489 e. The molecule has 0 amide bonds. The van der Waals surface area contributed by atoms with Crippen molar-refractivity contribution in [3.63, 3.8) is 0 Å². The van der Waals surface area contributed by atoms with Gasteiger partial charge < -0.3 is 15.6 Å². The van der Waals surface area contributed by atoms with Crippen LogP contribution in [-0.2, 0) is 17.8 Å². The average Bonchev–Trinajstić information content (AvgIpc) is 2.54. The molecule has 3 N–H and O–H groups in total. The highest BCUT2D eigenvalue weighted by Gasteiger charge is 2.18. The van der Waals surface area contributed by atoms with Crippen molar-refractivity contribution in [2.24, 2.45) is 5.73 Å². The molecule has 0 saturated carbocycles. The molecule has 0 saturated heterocycles. The summed E-state index contributed by atoms with van der Waals surface area (Å²) in [6.45, 7) is 0.272. The van der Waals surface area contributed by atoms with Gasteiger partial charge in [0.2, 0.25) is 0 Å². The Morgan fingerprint density at radius 2 is 1.96 bits per heavy atom. The van der Waals surface area contributed by atoms with E-state index < -0.39 is 16.9 Å². The molecule has 0 aliphatic rings. The number of non-ortho nitro benzene ring substituents is 1. The van der Waals surface area contributed by atoms with E-state index >= 15 is 0 Å². The normalized spacial score (nSPS) is 11.7. The van der Waals surface area contributed by atoms with Crippen LogP contribution in [0.4, 0.5) is 5.69 Å². The van der Waals surface area contributed by atoms with Crippen LogP contribution in [0.1, 0.15) is 11.1 Å². The molecule has 23 heavy (non-hydrogen) atoms. The molecule has 120 valence electrons. The van der Waals surface area contributed by atoms with Gasteiger partial charge in [-0.3, -0.25) is 14.9 Å². The molecule has 0 heterocycles. The lowest BCUT2D eigenvalue weighted by atomic mass is 10.0.